The minimum atomic E-state index is -0.955. The second kappa shape index (κ2) is 5.67. The maximum atomic E-state index is 13.0. The minimum absolute atomic E-state index is 0.0169. The first-order chi connectivity index (χ1) is 11.6. The molecule has 122 valence electrons. The molecule has 0 aliphatic carbocycles. The van der Waals surface area contributed by atoms with Gasteiger partial charge in [-0.3, -0.25) is 9.69 Å². The van der Waals surface area contributed by atoms with Gasteiger partial charge >= 0.3 is 5.97 Å². The standard InChI is InChI=1S/C19H17NO3S/c1-13(14-7-3-2-4-8-14)23-18(22)19-12-11-17(21)20(19)15-9-5-6-10-16(15)24-19/h2-10,13H,11-12H2,1H3/t13-,19-/m1/s1. The molecule has 0 N–H and O–H groups in total. The van der Waals surface area contributed by atoms with Crippen LogP contribution in [-0.2, 0) is 14.3 Å². The SMILES string of the molecule is C[C@@H](OC(=O)[C@]12CCC(=O)N1c1ccccc1S2)c1ccccc1. The third-order valence-electron chi connectivity index (χ3n) is 4.55. The molecule has 0 aromatic heterocycles. The molecule has 0 saturated carbocycles. The van der Waals surface area contributed by atoms with Crippen molar-refractivity contribution in [2.24, 2.45) is 0 Å². The van der Waals surface area contributed by atoms with Crippen molar-refractivity contribution < 1.29 is 14.3 Å². The van der Waals surface area contributed by atoms with Crippen LogP contribution in [-0.4, -0.2) is 16.7 Å². The van der Waals surface area contributed by atoms with Crippen LogP contribution in [0.2, 0.25) is 0 Å². The smallest absolute Gasteiger partial charge is 0.344 e. The molecule has 1 amide bonds. The molecule has 1 fully saturated rings. The molecule has 4 rings (SSSR count). The number of benzene rings is 2. The van der Waals surface area contributed by atoms with E-state index in [-0.39, 0.29) is 18.0 Å². The van der Waals surface area contributed by atoms with Crippen LogP contribution in [0.5, 0.6) is 0 Å². The highest BCUT2D eigenvalue weighted by molar-refractivity contribution is 8.02. The van der Waals surface area contributed by atoms with Gasteiger partial charge < -0.3 is 4.74 Å². The second-order valence-electron chi connectivity index (χ2n) is 6.04. The minimum Gasteiger partial charge on any atom is -0.455 e. The van der Waals surface area contributed by atoms with Crippen molar-refractivity contribution in [3.05, 3.63) is 60.2 Å². The van der Waals surface area contributed by atoms with Crippen molar-refractivity contribution in [1.82, 2.24) is 0 Å². The summed E-state index contributed by atoms with van der Waals surface area (Å²) < 4.78 is 5.75. The average molecular weight is 339 g/mol. The first-order valence-corrected chi connectivity index (χ1v) is 8.80. The highest BCUT2D eigenvalue weighted by atomic mass is 32.2. The molecule has 2 aromatic rings. The number of hydrogen-bond acceptors (Lipinski definition) is 4. The lowest BCUT2D eigenvalue weighted by Crippen LogP contribution is -2.48. The van der Waals surface area contributed by atoms with E-state index in [0.717, 1.165) is 16.1 Å². The predicted molar refractivity (Wildman–Crippen MR) is 92.7 cm³/mol. The Morgan fingerprint density at radius 2 is 1.88 bits per heavy atom. The van der Waals surface area contributed by atoms with Crippen LogP contribution in [0.15, 0.2) is 59.5 Å². The molecule has 4 nitrogen and oxygen atoms in total. The van der Waals surface area contributed by atoms with Gasteiger partial charge in [-0.15, -0.1) is 0 Å². The number of ether oxygens (including phenoxy) is 1. The Morgan fingerprint density at radius 1 is 1.17 bits per heavy atom. The molecule has 5 heteroatoms. The zero-order chi connectivity index (χ0) is 16.7. The lowest BCUT2D eigenvalue weighted by Gasteiger charge is -2.30. The molecule has 0 radical (unpaired) electrons. The number of nitrogens with zero attached hydrogens (tertiary/aromatic N) is 1. The Bertz CT molecular complexity index is 807. The van der Waals surface area contributed by atoms with Crippen molar-refractivity contribution >= 4 is 29.3 Å². The van der Waals surface area contributed by atoms with Gasteiger partial charge in [0.1, 0.15) is 6.10 Å². The summed E-state index contributed by atoms with van der Waals surface area (Å²) in [4.78, 5) is 27.0. The number of amides is 1. The summed E-state index contributed by atoms with van der Waals surface area (Å²) in [6.07, 6.45) is 0.497. The lowest BCUT2D eigenvalue weighted by molar-refractivity contribution is -0.151. The van der Waals surface area contributed by atoms with Gasteiger partial charge in [-0.1, -0.05) is 54.2 Å². The third-order valence-corrected chi connectivity index (χ3v) is 6.00. The van der Waals surface area contributed by atoms with Crippen LogP contribution in [0.4, 0.5) is 5.69 Å². The van der Waals surface area contributed by atoms with Crippen LogP contribution >= 0.6 is 11.8 Å². The largest absolute Gasteiger partial charge is 0.455 e. The number of rotatable bonds is 3. The summed E-state index contributed by atoms with van der Waals surface area (Å²) in [6.45, 7) is 1.86. The molecule has 1 saturated heterocycles. The van der Waals surface area contributed by atoms with Gasteiger partial charge in [-0.05, 0) is 24.6 Å². The molecule has 2 aliphatic rings. The van der Waals surface area contributed by atoms with Crippen LogP contribution in [0.1, 0.15) is 31.4 Å². The quantitative estimate of drug-likeness (QED) is 0.795. The van der Waals surface area contributed by atoms with Crippen LogP contribution in [0, 0.1) is 0 Å². The molecule has 2 atom stereocenters. The van der Waals surface area contributed by atoms with E-state index in [9.17, 15) is 9.59 Å². The fraction of sp³-hybridized carbons (Fsp3) is 0.263. The van der Waals surface area contributed by atoms with E-state index in [2.05, 4.69) is 0 Å². The highest BCUT2D eigenvalue weighted by Crippen LogP contribution is 2.56. The highest BCUT2D eigenvalue weighted by Gasteiger charge is 2.58. The number of hydrogen-bond donors (Lipinski definition) is 0. The molecule has 0 unspecified atom stereocenters. The zero-order valence-electron chi connectivity index (χ0n) is 13.3. The van der Waals surface area contributed by atoms with Crippen molar-refractivity contribution in [1.29, 1.82) is 0 Å². The van der Waals surface area contributed by atoms with Crippen molar-refractivity contribution in [2.75, 3.05) is 4.90 Å². The summed E-state index contributed by atoms with van der Waals surface area (Å²) >= 11 is 1.43. The van der Waals surface area contributed by atoms with Gasteiger partial charge in [0.25, 0.3) is 0 Å². The van der Waals surface area contributed by atoms with Gasteiger partial charge in [0, 0.05) is 17.7 Å². The Morgan fingerprint density at radius 3 is 2.67 bits per heavy atom. The van der Waals surface area contributed by atoms with E-state index in [1.54, 1.807) is 4.90 Å². The zero-order valence-corrected chi connectivity index (χ0v) is 14.1. The van der Waals surface area contributed by atoms with E-state index >= 15 is 0 Å². The number of para-hydroxylation sites is 1. The van der Waals surface area contributed by atoms with Crippen molar-refractivity contribution in [3.63, 3.8) is 0 Å². The van der Waals surface area contributed by atoms with Crippen LogP contribution in [0.3, 0.4) is 0 Å². The van der Waals surface area contributed by atoms with E-state index in [4.69, 9.17) is 4.74 Å². The summed E-state index contributed by atoms with van der Waals surface area (Å²) in [5.74, 6) is -0.359. The summed E-state index contributed by atoms with van der Waals surface area (Å²) in [7, 11) is 0. The van der Waals surface area contributed by atoms with Crippen molar-refractivity contribution in [2.45, 2.75) is 35.6 Å². The van der Waals surface area contributed by atoms with Crippen LogP contribution < -0.4 is 4.90 Å². The van der Waals surface area contributed by atoms with Gasteiger partial charge in [-0.25, -0.2) is 4.79 Å². The van der Waals surface area contributed by atoms with Gasteiger partial charge in [0.15, 0.2) is 4.87 Å². The summed E-state index contributed by atoms with van der Waals surface area (Å²) in [5, 5.41) is 0. The lowest BCUT2D eigenvalue weighted by atomic mass is 10.1. The fourth-order valence-electron chi connectivity index (χ4n) is 3.32. The maximum absolute atomic E-state index is 13.0. The average Bonchev–Trinajstić information content (AvgIpc) is 3.12. The molecular weight excluding hydrogens is 322 g/mol. The van der Waals surface area contributed by atoms with E-state index < -0.39 is 4.87 Å². The van der Waals surface area contributed by atoms with E-state index in [1.807, 2.05) is 61.5 Å². The molecular formula is C19H17NO3S. The first kappa shape index (κ1) is 15.3. The Kier molecular flexibility index (Phi) is 3.61. The topological polar surface area (TPSA) is 46.6 Å². The van der Waals surface area contributed by atoms with Crippen molar-refractivity contribution in [3.8, 4) is 0 Å². The molecule has 0 bridgehead atoms. The monoisotopic (exact) mass is 339 g/mol. The number of esters is 1. The number of carbonyl (C=O) groups is 2. The third kappa shape index (κ3) is 2.23. The Labute approximate surface area is 144 Å². The molecule has 2 heterocycles. The van der Waals surface area contributed by atoms with E-state index in [1.165, 1.54) is 11.8 Å². The van der Waals surface area contributed by atoms with Gasteiger partial charge in [-0.2, -0.15) is 0 Å². The fourth-order valence-corrected chi connectivity index (χ4v) is 4.72. The number of thioether (sulfide) groups is 1. The molecule has 2 aliphatic heterocycles. The Hall–Kier alpha value is -2.27. The number of carbonyl (C=O) groups excluding carboxylic acids is 2. The second-order valence-corrected chi connectivity index (χ2v) is 7.36. The molecule has 24 heavy (non-hydrogen) atoms. The Balaban J connectivity index is 1.63. The molecule has 2 aromatic carbocycles. The van der Waals surface area contributed by atoms with Gasteiger partial charge in [0.2, 0.25) is 5.91 Å². The normalized spacial score (nSPS) is 22.9. The molecule has 0 spiro atoms. The van der Waals surface area contributed by atoms with E-state index in [0.29, 0.717) is 12.8 Å². The summed E-state index contributed by atoms with van der Waals surface area (Å²) in [6, 6.07) is 17.3. The number of anilines is 1. The predicted octanol–water partition coefficient (Wildman–Crippen LogP) is 3.92. The number of fused-ring (bicyclic) bond motifs is 3. The van der Waals surface area contributed by atoms with Crippen LogP contribution in [0.25, 0.3) is 0 Å². The summed E-state index contributed by atoms with van der Waals surface area (Å²) in [5.41, 5.74) is 1.76. The maximum Gasteiger partial charge on any atom is 0.344 e. The van der Waals surface area contributed by atoms with Gasteiger partial charge in [0.05, 0.1) is 5.69 Å². The first-order valence-electron chi connectivity index (χ1n) is 7.99.